The number of hydrogen-bond acceptors (Lipinski definition) is 5. The van der Waals surface area contributed by atoms with E-state index in [2.05, 4.69) is 55.6 Å². The van der Waals surface area contributed by atoms with Crippen molar-refractivity contribution in [2.45, 2.75) is 212 Å². The van der Waals surface area contributed by atoms with Crippen LogP contribution in [0.1, 0.15) is 200 Å². The van der Waals surface area contributed by atoms with Crippen LogP contribution in [0.5, 0.6) is 0 Å². The minimum Gasteiger partial charge on any atom is -0.480 e. The molecule has 7 heteroatoms. The molecule has 2 unspecified atom stereocenters. The van der Waals surface area contributed by atoms with Gasteiger partial charge in [-0.05, 0) is 90.0 Å². The number of nitrogens with one attached hydrogen (secondary N) is 1. The van der Waals surface area contributed by atoms with E-state index >= 15 is 0 Å². The topological polar surface area (TPSA) is 119 Å². The number of nitrogens with two attached hydrogens (primary N) is 1. The Morgan fingerprint density at radius 3 is 1.66 bits per heavy atom. The smallest absolute Gasteiger partial charge is 0.326 e. The van der Waals surface area contributed by atoms with Crippen molar-refractivity contribution in [1.82, 2.24) is 5.32 Å². The average molecular weight is 703 g/mol. The van der Waals surface area contributed by atoms with E-state index < -0.39 is 12.0 Å². The molecular formula is C43H78N2O5. The highest BCUT2D eigenvalue weighted by molar-refractivity contribution is 5.83. The summed E-state index contributed by atoms with van der Waals surface area (Å²) in [5, 5.41) is 11.9. The first-order valence-corrected chi connectivity index (χ1v) is 20.8. The molecule has 0 aliphatic carbocycles. The molecule has 2 atom stereocenters. The number of aliphatic carboxylic acids is 1. The highest BCUT2D eigenvalue weighted by Crippen LogP contribution is 2.19. The first-order chi connectivity index (χ1) is 24.4. The molecule has 0 aromatic rings. The van der Waals surface area contributed by atoms with E-state index in [0.29, 0.717) is 32.2 Å². The number of carbonyl (C=O) groups is 3. The molecule has 290 valence electrons. The summed E-state index contributed by atoms with van der Waals surface area (Å²) < 4.78 is 6.02. The number of ether oxygens (including phenoxy) is 1. The Labute approximate surface area is 307 Å². The summed E-state index contributed by atoms with van der Waals surface area (Å²) in [6.45, 7) is 4.82. The molecule has 0 fully saturated rings. The Bertz CT molecular complexity index is 885. The maximum absolute atomic E-state index is 12.7. The Hall–Kier alpha value is -2.41. The molecule has 0 spiro atoms. The number of allylic oxidation sites excluding steroid dienone is 6. The normalized spacial score (nSPS) is 13.0. The fourth-order valence-corrected chi connectivity index (χ4v) is 6.11. The molecule has 4 N–H and O–H groups in total. The second-order valence-electron chi connectivity index (χ2n) is 14.0. The third-order valence-electron chi connectivity index (χ3n) is 9.22. The van der Waals surface area contributed by atoms with Gasteiger partial charge in [0.15, 0.2) is 0 Å². The first kappa shape index (κ1) is 47.6. The fraction of sp³-hybridized carbons (Fsp3) is 0.791. The van der Waals surface area contributed by atoms with Crippen LogP contribution in [-0.2, 0) is 19.1 Å². The SMILES string of the molecule is CC/C=C\C/C=C\C/C=C\CCCCCCCC(=O)OC(CCCCCCCCCCC)CCCCCCCC(=O)NC(CCCN)C(=O)O. The average Bonchev–Trinajstić information content (AvgIpc) is 3.10. The zero-order chi connectivity index (χ0) is 36.8. The van der Waals surface area contributed by atoms with Crippen molar-refractivity contribution in [1.29, 1.82) is 0 Å². The minimum atomic E-state index is -1.01. The summed E-state index contributed by atoms with van der Waals surface area (Å²) in [7, 11) is 0. The highest BCUT2D eigenvalue weighted by Gasteiger charge is 2.19. The lowest BCUT2D eigenvalue weighted by molar-refractivity contribution is -0.150. The molecule has 0 saturated carbocycles. The zero-order valence-corrected chi connectivity index (χ0v) is 32.5. The highest BCUT2D eigenvalue weighted by atomic mass is 16.5. The van der Waals surface area contributed by atoms with Crippen LogP contribution in [0.25, 0.3) is 0 Å². The molecule has 7 nitrogen and oxygen atoms in total. The van der Waals surface area contributed by atoms with Gasteiger partial charge >= 0.3 is 11.9 Å². The van der Waals surface area contributed by atoms with E-state index in [4.69, 9.17) is 10.5 Å². The molecule has 0 aliphatic heterocycles. The van der Waals surface area contributed by atoms with Gasteiger partial charge in [-0.25, -0.2) is 4.79 Å². The van der Waals surface area contributed by atoms with Crippen LogP contribution in [0, 0.1) is 0 Å². The van der Waals surface area contributed by atoms with Crippen LogP contribution in [0.15, 0.2) is 36.5 Å². The number of carboxylic acid groups (broad SMARTS) is 1. The lowest BCUT2D eigenvalue weighted by Crippen LogP contribution is -2.40. The minimum absolute atomic E-state index is 0.00809. The van der Waals surface area contributed by atoms with Crippen molar-refractivity contribution in [2.75, 3.05) is 6.54 Å². The van der Waals surface area contributed by atoms with E-state index in [9.17, 15) is 19.5 Å². The van der Waals surface area contributed by atoms with Gasteiger partial charge in [-0.1, -0.05) is 140 Å². The predicted octanol–water partition coefficient (Wildman–Crippen LogP) is 11.4. The van der Waals surface area contributed by atoms with Gasteiger partial charge in [-0.15, -0.1) is 0 Å². The van der Waals surface area contributed by atoms with Crippen LogP contribution in [0.4, 0.5) is 0 Å². The van der Waals surface area contributed by atoms with Gasteiger partial charge in [0.2, 0.25) is 5.91 Å². The van der Waals surface area contributed by atoms with Crippen LogP contribution in [0.2, 0.25) is 0 Å². The standard InChI is InChI=1S/C43H78N2O5/c1-3-5-7-9-11-13-14-15-16-17-18-20-22-27-31-37-42(47)50-39(33-28-24-21-19-12-10-8-6-4-2)34-29-25-23-26-30-36-41(46)45-40(43(48)49)35-32-38-44/h5,7,11,13,15-16,39-40H,3-4,6,8-10,12,14,17-38,44H2,1-2H3,(H,45,46)(H,48,49)/b7-5-,13-11-,16-15-. The van der Waals surface area contributed by atoms with Gasteiger partial charge < -0.3 is 20.9 Å². The second kappa shape index (κ2) is 37.8. The summed E-state index contributed by atoms with van der Waals surface area (Å²) in [5.74, 6) is -1.25. The van der Waals surface area contributed by atoms with Crippen molar-refractivity contribution in [3.05, 3.63) is 36.5 Å². The molecule has 1 amide bonds. The monoisotopic (exact) mass is 703 g/mol. The van der Waals surface area contributed by atoms with Gasteiger partial charge in [0.25, 0.3) is 0 Å². The van der Waals surface area contributed by atoms with E-state index in [0.717, 1.165) is 89.9 Å². The van der Waals surface area contributed by atoms with Crippen molar-refractivity contribution in [3.8, 4) is 0 Å². The summed E-state index contributed by atoms with van der Waals surface area (Å²) in [5.41, 5.74) is 5.48. The third-order valence-corrected chi connectivity index (χ3v) is 9.22. The zero-order valence-electron chi connectivity index (χ0n) is 32.5. The van der Waals surface area contributed by atoms with Gasteiger partial charge in [-0.2, -0.15) is 0 Å². The van der Waals surface area contributed by atoms with Crippen LogP contribution in [-0.4, -0.2) is 41.6 Å². The number of carbonyl (C=O) groups excluding carboxylic acids is 2. The summed E-state index contributed by atoms with van der Waals surface area (Å²) >= 11 is 0. The number of rotatable bonds is 37. The molecular weight excluding hydrogens is 624 g/mol. The number of esters is 1. The van der Waals surface area contributed by atoms with Crippen molar-refractivity contribution < 1.29 is 24.2 Å². The molecule has 0 heterocycles. The Morgan fingerprint density at radius 2 is 1.10 bits per heavy atom. The van der Waals surface area contributed by atoms with Gasteiger partial charge in [0, 0.05) is 12.8 Å². The Balaban J connectivity index is 4.29. The summed E-state index contributed by atoms with van der Waals surface area (Å²) in [4.78, 5) is 36.3. The maximum Gasteiger partial charge on any atom is 0.326 e. The lowest BCUT2D eigenvalue weighted by Gasteiger charge is -2.18. The van der Waals surface area contributed by atoms with Crippen LogP contribution < -0.4 is 11.1 Å². The van der Waals surface area contributed by atoms with E-state index in [1.54, 1.807) is 0 Å². The number of carboxylic acids is 1. The molecule has 50 heavy (non-hydrogen) atoms. The lowest BCUT2D eigenvalue weighted by atomic mass is 10.0. The molecule has 0 aliphatic rings. The van der Waals surface area contributed by atoms with Gasteiger partial charge in [0.05, 0.1) is 0 Å². The molecule has 0 aromatic carbocycles. The number of hydrogen-bond donors (Lipinski definition) is 3. The van der Waals surface area contributed by atoms with Gasteiger partial charge in [-0.3, -0.25) is 9.59 Å². The largest absolute Gasteiger partial charge is 0.480 e. The van der Waals surface area contributed by atoms with E-state index in [-0.39, 0.29) is 18.0 Å². The van der Waals surface area contributed by atoms with Crippen LogP contribution >= 0.6 is 0 Å². The molecule has 0 radical (unpaired) electrons. The quantitative estimate of drug-likeness (QED) is 0.0337. The molecule has 0 saturated heterocycles. The Kier molecular flexibility index (Phi) is 36.0. The van der Waals surface area contributed by atoms with Crippen molar-refractivity contribution in [2.24, 2.45) is 5.73 Å². The molecule has 0 aromatic heterocycles. The van der Waals surface area contributed by atoms with Crippen molar-refractivity contribution in [3.63, 3.8) is 0 Å². The summed E-state index contributed by atoms with van der Waals surface area (Å²) in [6.07, 6.45) is 43.3. The maximum atomic E-state index is 12.7. The summed E-state index contributed by atoms with van der Waals surface area (Å²) in [6, 6.07) is -0.856. The third kappa shape index (κ3) is 34.1. The van der Waals surface area contributed by atoms with Crippen LogP contribution in [0.3, 0.4) is 0 Å². The first-order valence-electron chi connectivity index (χ1n) is 20.8. The fourth-order valence-electron chi connectivity index (χ4n) is 6.11. The number of amides is 1. The second-order valence-corrected chi connectivity index (χ2v) is 14.0. The Morgan fingerprint density at radius 1 is 0.600 bits per heavy atom. The predicted molar refractivity (Wildman–Crippen MR) is 211 cm³/mol. The van der Waals surface area contributed by atoms with Crippen molar-refractivity contribution >= 4 is 17.8 Å². The van der Waals surface area contributed by atoms with E-state index in [1.807, 2.05) is 0 Å². The molecule has 0 rings (SSSR count). The van der Waals surface area contributed by atoms with E-state index in [1.165, 1.54) is 70.6 Å². The molecule has 0 bridgehead atoms. The number of unbranched alkanes of at least 4 members (excludes halogenated alkanes) is 17. The van der Waals surface area contributed by atoms with Gasteiger partial charge in [0.1, 0.15) is 12.1 Å².